The van der Waals surface area contributed by atoms with Gasteiger partial charge < -0.3 is 9.73 Å². The van der Waals surface area contributed by atoms with Gasteiger partial charge in [0.2, 0.25) is 0 Å². The summed E-state index contributed by atoms with van der Waals surface area (Å²) in [6.07, 6.45) is 3.69. The maximum atomic E-state index is 13.8. The number of amides is 2. The van der Waals surface area contributed by atoms with E-state index in [4.69, 9.17) is 4.42 Å². The highest BCUT2D eigenvalue weighted by Gasteiger charge is 2.28. The molecule has 2 heterocycles. The Kier molecular flexibility index (Phi) is 5.62. The molecule has 0 spiro atoms. The number of furan rings is 1. The third-order valence-electron chi connectivity index (χ3n) is 5.10. The molecule has 158 valence electrons. The van der Waals surface area contributed by atoms with Gasteiger partial charge in [0.25, 0.3) is 11.8 Å². The van der Waals surface area contributed by atoms with Gasteiger partial charge in [0, 0.05) is 23.7 Å². The summed E-state index contributed by atoms with van der Waals surface area (Å²) in [7, 11) is 0. The number of halogens is 1. The number of rotatable bonds is 4. The Morgan fingerprint density at radius 3 is 2.65 bits per heavy atom. The molecule has 0 unspecified atom stereocenters. The van der Waals surface area contributed by atoms with E-state index in [9.17, 15) is 14.0 Å². The highest BCUT2D eigenvalue weighted by Crippen LogP contribution is 2.30. The fourth-order valence-electron chi connectivity index (χ4n) is 3.54. The van der Waals surface area contributed by atoms with Crippen molar-refractivity contribution in [3.63, 3.8) is 0 Å². The van der Waals surface area contributed by atoms with E-state index < -0.39 is 17.6 Å². The molecule has 2 aromatic heterocycles. The van der Waals surface area contributed by atoms with Crippen LogP contribution in [-0.2, 0) is 6.42 Å². The predicted octanol–water partition coefficient (Wildman–Crippen LogP) is 4.15. The third-order valence-corrected chi connectivity index (χ3v) is 5.10. The molecule has 0 saturated heterocycles. The molecule has 4 rings (SSSR count). The molecule has 2 N–H and O–H groups in total. The molecule has 8 heteroatoms. The highest BCUT2D eigenvalue weighted by molar-refractivity contribution is 6.09. The number of nitrogens with one attached hydrogen (secondary N) is 2. The van der Waals surface area contributed by atoms with E-state index in [1.54, 1.807) is 25.3 Å². The lowest BCUT2D eigenvalue weighted by Crippen LogP contribution is -2.23. The van der Waals surface area contributed by atoms with E-state index in [0.29, 0.717) is 41.3 Å². The van der Waals surface area contributed by atoms with Gasteiger partial charge in [-0.3, -0.25) is 9.59 Å². The Balaban J connectivity index is 1.57. The standard InChI is InChI=1S/C23H21FN4O3/c1-13-10-11-19(25-12-13)26-23(30)21-14(2)20-17(8-5-9-18(20)31-21)27-28-22(29)15-6-3-4-7-16(15)24/h3-4,6-7,10-12H,5,8-9H2,1-2H3,(H,28,29)(H,25,26,30)/b27-17+. The number of nitrogens with zero attached hydrogens (tertiary/aromatic N) is 2. The van der Waals surface area contributed by atoms with Gasteiger partial charge in [-0.15, -0.1) is 0 Å². The highest BCUT2D eigenvalue weighted by atomic mass is 19.1. The van der Waals surface area contributed by atoms with Crippen LogP contribution in [0.1, 0.15) is 56.2 Å². The molecule has 0 bridgehead atoms. The number of hydrogen-bond donors (Lipinski definition) is 2. The Morgan fingerprint density at radius 2 is 1.90 bits per heavy atom. The minimum Gasteiger partial charge on any atom is -0.455 e. The number of carbonyl (C=O) groups is 2. The maximum absolute atomic E-state index is 13.8. The first kappa shape index (κ1) is 20.5. The largest absolute Gasteiger partial charge is 0.455 e. The smallest absolute Gasteiger partial charge is 0.292 e. The van der Waals surface area contributed by atoms with Crippen LogP contribution in [0.2, 0.25) is 0 Å². The van der Waals surface area contributed by atoms with Crippen molar-refractivity contribution < 1.29 is 18.4 Å². The fourth-order valence-corrected chi connectivity index (χ4v) is 3.54. The molecule has 7 nitrogen and oxygen atoms in total. The molecule has 31 heavy (non-hydrogen) atoms. The SMILES string of the molecule is Cc1ccc(NC(=O)c2oc3c(c2C)/C(=N/NC(=O)c2ccccc2F)CCC3)nc1. The summed E-state index contributed by atoms with van der Waals surface area (Å²) in [6, 6.07) is 9.27. The molecule has 0 saturated carbocycles. The van der Waals surface area contributed by atoms with Crippen molar-refractivity contribution in [1.29, 1.82) is 0 Å². The van der Waals surface area contributed by atoms with Gasteiger partial charge in [-0.05, 0) is 50.5 Å². The summed E-state index contributed by atoms with van der Waals surface area (Å²) in [4.78, 5) is 29.2. The van der Waals surface area contributed by atoms with Gasteiger partial charge in [0.05, 0.1) is 11.3 Å². The van der Waals surface area contributed by atoms with Gasteiger partial charge in [0.15, 0.2) is 5.76 Å². The van der Waals surface area contributed by atoms with Gasteiger partial charge in [0.1, 0.15) is 17.4 Å². The molecule has 3 aromatic rings. The summed E-state index contributed by atoms with van der Waals surface area (Å²) < 4.78 is 19.7. The molecule has 0 radical (unpaired) electrons. The molecule has 1 aliphatic carbocycles. The van der Waals surface area contributed by atoms with Gasteiger partial charge in [-0.1, -0.05) is 18.2 Å². The molecule has 2 amide bonds. The lowest BCUT2D eigenvalue weighted by atomic mass is 9.93. The Hall–Kier alpha value is -3.81. The first-order chi connectivity index (χ1) is 14.9. The molecule has 1 aromatic carbocycles. The van der Waals surface area contributed by atoms with Crippen molar-refractivity contribution in [1.82, 2.24) is 10.4 Å². The van der Waals surface area contributed by atoms with E-state index in [2.05, 4.69) is 20.8 Å². The zero-order valence-corrected chi connectivity index (χ0v) is 17.2. The van der Waals surface area contributed by atoms with Gasteiger partial charge in [-0.2, -0.15) is 5.10 Å². The van der Waals surface area contributed by atoms with Crippen LogP contribution in [0.25, 0.3) is 0 Å². The van der Waals surface area contributed by atoms with Crippen LogP contribution in [0, 0.1) is 19.7 Å². The molecule has 0 atom stereocenters. The second-order valence-corrected chi connectivity index (χ2v) is 7.36. The van der Waals surface area contributed by atoms with Crippen molar-refractivity contribution in [2.24, 2.45) is 5.10 Å². The summed E-state index contributed by atoms with van der Waals surface area (Å²) in [5, 5.41) is 6.95. The predicted molar refractivity (Wildman–Crippen MR) is 114 cm³/mol. The molecular weight excluding hydrogens is 399 g/mol. The number of aryl methyl sites for hydroxylation is 2. The normalized spacial score (nSPS) is 14.2. The lowest BCUT2D eigenvalue weighted by Gasteiger charge is -2.13. The van der Waals surface area contributed by atoms with Crippen LogP contribution >= 0.6 is 0 Å². The maximum Gasteiger partial charge on any atom is 0.292 e. The number of aromatic nitrogens is 1. The minimum atomic E-state index is -0.637. The zero-order chi connectivity index (χ0) is 22.0. The van der Waals surface area contributed by atoms with Crippen molar-refractivity contribution in [2.45, 2.75) is 33.1 Å². The van der Waals surface area contributed by atoms with E-state index in [0.717, 1.165) is 12.0 Å². The van der Waals surface area contributed by atoms with Crippen LogP contribution in [0.3, 0.4) is 0 Å². The zero-order valence-electron chi connectivity index (χ0n) is 17.2. The van der Waals surface area contributed by atoms with E-state index in [1.807, 2.05) is 13.0 Å². The number of pyridine rings is 1. The first-order valence-corrected chi connectivity index (χ1v) is 9.92. The number of anilines is 1. The van der Waals surface area contributed by atoms with Crippen molar-refractivity contribution in [3.8, 4) is 0 Å². The third kappa shape index (κ3) is 4.23. The number of fused-ring (bicyclic) bond motifs is 1. The molecule has 0 fully saturated rings. The lowest BCUT2D eigenvalue weighted by molar-refractivity contribution is 0.0949. The first-order valence-electron chi connectivity index (χ1n) is 9.92. The quantitative estimate of drug-likeness (QED) is 0.620. The van der Waals surface area contributed by atoms with Gasteiger partial charge >= 0.3 is 0 Å². The van der Waals surface area contributed by atoms with Gasteiger partial charge in [-0.25, -0.2) is 14.8 Å². The summed E-state index contributed by atoms with van der Waals surface area (Å²) >= 11 is 0. The monoisotopic (exact) mass is 420 g/mol. The number of benzene rings is 1. The fraction of sp³-hybridized carbons (Fsp3) is 0.217. The Morgan fingerprint density at radius 1 is 1.10 bits per heavy atom. The summed E-state index contributed by atoms with van der Waals surface area (Å²) in [5.41, 5.74) is 5.26. The van der Waals surface area contributed by atoms with Crippen molar-refractivity contribution in [3.05, 3.63) is 82.2 Å². The average Bonchev–Trinajstić information content (AvgIpc) is 3.11. The second kappa shape index (κ2) is 8.51. The van der Waals surface area contributed by atoms with Crippen LogP contribution in [0.15, 0.2) is 52.1 Å². The van der Waals surface area contributed by atoms with E-state index >= 15 is 0 Å². The number of carbonyl (C=O) groups excluding carboxylic acids is 2. The van der Waals surface area contributed by atoms with Crippen LogP contribution in [0.5, 0.6) is 0 Å². The van der Waals surface area contributed by atoms with Crippen LogP contribution in [0.4, 0.5) is 10.2 Å². The molecule has 0 aliphatic heterocycles. The molecule has 1 aliphatic rings. The van der Waals surface area contributed by atoms with Crippen molar-refractivity contribution >= 4 is 23.3 Å². The topological polar surface area (TPSA) is 96.6 Å². The average molecular weight is 420 g/mol. The second-order valence-electron chi connectivity index (χ2n) is 7.36. The molecular formula is C23H21FN4O3. The number of hydrogen-bond acceptors (Lipinski definition) is 5. The van der Waals surface area contributed by atoms with Crippen LogP contribution in [-0.4, -0.2) is 22.5 Å². The van der Waals surface area contributed by atoms with E-state index in [1.165, 1.54) is 18.2 Å². The van der Waals surface area contributed by atoms with Crippen LogP contribution < -0.4 is 10.7 Å². The Bertz CT molecular complexity index is 1180. The summed E-state index contributed by atoms with van der Waals surface area (Å²) in [5.74, 6) is -0.407. The Labute approximate surface area is 178 Å². The van der Waals surface area contributed by atoms with E-state index in [-0.39, 0.29) is 11.3 Å². The van der Waals surface area contributed by atoms with Crippen molar-refractivity contribution in [2.75, 3.05) is 5.32 Å². The minimum absolute atomic E-state index is 0.0857. The summed E-state index contributed by atoms with van der Waals surface area (Å²) in [6.45, 7) is 3.69. The number of hydrazone groups is 1.